The monoisotopic (exact) mass is 574 g/mol. The van der Waals surface area contributed by atoms with Gasteiger partial charge in [0.2, 0.25) is 0 Å². The molecule has 3 saturated carbocycles. The third kappa shape index (κ3) is 4.80. The molecular formula is C33H50S4. The molecule has 0 saturated heterocycles. The van der Waals surface area contributed by atoms with E-state index in [1.165, 1.54) is 80.4 Å². The van der Waals surface area contributed by atoms with E-state index in [9.17, 15) is 0 Å². The van der Waals surface area contributed by atoms with Crippen molar-refractivity contribution in [3.8, 4) is 0 Å². The molecule has 3 fully saturated rings. The van der Waals surface area contributed by atoms with Crippen molar-refractivity contribution in [2.75, 3.05) is 0 Å². The fraction of sp³-hybridized carbons (Fsp3) is 0.818. The summed E-state index contributed by atoms with van der Waals surface area (Å²) in [7, 11) is 0. The van der Waals surface area contributed by atoms with Crippen LogP contribution in [0, 0.1) is 52.3 Å². The molecule has 0 radical (unpaired) electrons. The van der Waals surface area contributed by atoms with Gasteiger partial charge in [0.05, 0.1) is 8.47 Å². The lowest BCUT2D eigenvalue weighted by molar-refractivity contribution is -0.101. The molecule has 0 aromatic heterocycles. The lowest BCUT2D eigenvalue weighted by Gasteiger charge is -2.60. The lowest BCUT2D eigenvalue weighted by atomic mass is 9.45. The van der Waals surface area contributed by atoms with Gasteiger partial charge in [0.15, 0.2) is 0 Å². The molecule has 0 bridgehead atoms. The molecule has 0 nitrogen and oxygen atoms in total. The van der Waals surface area contributed by atoms with Crippen LogP contribution in [-0.4, -0.2) is 0 Å². The highest BCUT2D eigenvalue weighted by Gasteiger charge is 2.61. The maximum absolute atomic E-state index is 2.76. The van der Waals surface area contributed by atoms with Gasteiger partial charge in [-0.2, -0.15) is 0 Å². The van der Waals surface area contributed by atoms with Gasteiger partial charge in [0.25, 0.3) is 0 Å². The summed E-state index contributed by atoms with van der Waals surface area (Å²) < 4.78 is 3.18. The quantitative estimate of drug-likeness (QED) is 0.320. The van der Waals surface area contributed by atoms with Crippen LogP contribution in [0.1, 0.15) is 119 Å². The van der Waals surface area contributed by atoms with Crippen molar-refractivity contribution in [3.05, 3.63) is 28.1 Å². The Morgan fingerprint density at radius 3 is 2.16 bits per heavy atom. The van der Waals surface area contributed by atoms with Gasteiger partial charge in [-0.05, 0) is 127 Å². The van der Waals surface area contributed by atoms with Crippen molar-refractivity contribution >= 4 is 47.0 Å². The minimum atomic E-state index is 0.539. The zero-order chi connectivity index (χ0) is 26.1. The minimum absolute atomic E-state index is 0.539. The molecule has 0 unspecified atom stereocenters. The van der Waals surface area contributed by atoms with E-state index in [0.29, 0.717) is 10.8 Å². The molecule has 37 heavy (non-hydrogen) atoms. The van der Waals surface area contributed by atoms with E-state index in [-0.39, 0.29) is 0 Å². The van der Waals surface area contributed by atoms with Crippen molar-refractivity contribution in [1.82, 2.24) is 0 Å². The van der Waals surface area contributed by atoms with Crippen molar-refractivity contribution in [3.63, 3.8) is 0 Å². The second kappa shape index (κ2) is 10.5. The predicted molar refractivity (Wildman–Crippen MR) is 171 cm³/mol. The average Bonchev–Trinajstić information content (AvgIpc) is 3.51. The summed E-state index contributed by atoms with van der Waals surface area (Å²) in [6.07, 6.45) is 16.2. The smallest absolute Gasteiger partial charge is 0.0700 e. The molecule has 8 atom stereocenters. The van der Waals surface area contributed by atoms with Gasteiger partial charge in [0, 0.05) is 9.81 Å². The van der Waals surface area contributed by atoms with Crippen molar-refractivity contribution < 1.29 is 0 Å². The Morgan fingerprint density at radius 2 is 1.43 bits per heavy atom. The van der Waals surface area contributed by atoms with Crippen LogP contribution in [0.5, 0.6) is 0 Å². The third-order valence-electron chi connectivity index (χ3n) is 12.1. The number of thioether (sulfide) groups is 4. The number of fused-ring (bicyclic) bond motifs is 5. The van der Waals surface area contributed by atoms with Gasteiger partial charge >= 0.3 is 0 Å². The van der Waals surface area contributed by atoms with Gasteiger partial charge in [-0.25, -0.2) is 0 Å². The van der Waals surface area contributed by atoms with E-state index in [2.05, 4.69) is 72.0 Å². The molecular weight excluding hydrogens is 525 g/mol. The largest absolute Gasteiger partial charge is 0.0849 e. The highest BCUT2D eigenvalue weighted by Crippen LogP contribution is 2.72. The summed E-state index contributed by atoms with van der Waals surface area (Å²) in [5, 5.41) is 0. The van der Waals surface area contributed by atoms with Crippen LogP contribution >= 0.6 is 47.0 Å². The lowest BCUT2D eigenvalue weighted by Crippen LogP contribution is -2.53. The molecule has 0 N–H and O–H groups in total. The van der Waals surface area contributed by atoms with E-state index in [4.69, 9.17) is 0 Å². The molecule has 6 aliphatic rings. The van der Waals surface area contributed by atoms with Crippen LogP contribution in [0.15, 0.2) is 28.1 Å². The van der Waals surface area contributed by atoms with Crippen molar-refractivity contribution in [2.24, 2.45) is 52.3 Å². The summed E-state index contributed by atoms with van der Waals surface area (Å²) in [6, 6.07) is 0. The average molecular weight is 575 g/mol. The molecule has 2 heterocycles. The number of rotatable bonds is 5. The summed E-state index contributed by atoms with van der Waals surface area (Å²) in [5.74, 6) is 6.66. The van der Waals surface area contributed by atoms with Gasteiger partial charge in [-0.15, -0.1) is 0 Å². The summed E-state index contributed by atoms with van der Waals surface area (Å²) >= 11 is 8.40. The normalized spacial score (nSPS) is 42.3. The van der Waals surface area contributed by atoms with E-state index in [0.717, 1.165) is 41.4 Å². The summed E-state index contributed by atoms with van der Waals surface area (Å²) in [6.45, 7) is 17.5. The number of hydrogen-bond acceptors (Lipinski definition) is 4. The molecule has 206 valence electrons. The highest BCUT2D eigenvalue weighted by molar-refractivity contribution is 8.34. The predicted octanol–water partition coefficient (Wildman–Crippen LogP) is 12.3. The van der Waals surface area contributed by atoms with Crippen LogP contribution in [0.4, 0.5) is 0 Å². The SMILES string of the molecule is CC1=C(C)SC(=C2SC3=C(C[C@@]4(C)[C@@H](CC[C@@H]5[C@@H]4CC[C@]4(C)[C@@H]([C@H](C)CCCC(C)C)CC[C@@H]54)C3)S2)S1. The Kier molecular flexibility index (Phi) is 7.86. The Balaban J connectivity index is 1.16. The van der Waals surface area contributed by atoms with Crippen molar-refractivity contribution in [1.29, 1.82) is 0 Å². The van der Waals surface area contributed by atoms with Gasteiger partial charge < -0.3 is 0 Å². The second-order valence-corrected chi connectivity index (χ2v) is 19.7. The first kappa shape index (κ1) is 27.8. The third-order valence-corrected chi connectivity index (χ3v) is 18.0. The zero-order valence-corrected chi connectivity index (χ0v) is 27.7. The van der Waals surface area contributed by atoms with Crippen LogP contribution < -0.4 is 0 Å². The van der Waals surface area contributed by atoms with E-state index < -0.39 is 0 Å². The van der Waals surface area contributed by atoms with Crippen LogP contribution in [0.25, 0.3) is 0 Å². The molecule has 4 heteroatoms. The number of allylic oxidation sites excluding steroid dienone is 4. The van der Waals surface area contributed by atoms with Crippen molar-refractivity contribution in [2.45, 2.75) is 119 Å². The molecule has 2 aliphatic heterocycles. The maximum Gasteiger partial charge on any atom is 0.0700 e. The van der Waals surface area contributed by atoms with Gasteiger partial charge in [-0.1, -0.05) is 101 Å². The summed E-state index contributed by atoms with van der Waals surface area (Å²) in [4.78, 5) is 6.55. The molecule has 0 amide bonds. The molecule has 4 aliphatic carbocycles. The highest BCUT2D eigenvalue weighted by atomic mass is 32.2. The van der Waals surface area contributed by atoms with Crippen LogP contribution in [-0.2, 0) is 0 Å². The molecule has 6 rings (SSSR count). The molecule has 0 spiro atoms. The first-order valence-corrected chi connectivity index (χ1v) is 18.7. The van der Waals surface area contributed by atoms with Crippen LogP contribution in [0.2, 0.25) is 0 Å². The van der Waals surface area contributed by atoms with Gasteiger partial charge in [0.1, 0.15) is 0 Å². The molecule has 0 aromatic rings. The van der Waals surface area contributed by atoms with Crippen LogP contribution in [0.3, 0.4) is 0 Å². The topological polar surface area (TPSA) is 0 Å². The maximum atomic E-state index is 2.76. The number of hydrogen-bond donors (Lipinski definition) is 0. The van der Waals surface area contributed by atoms with E-state index in [1.807, 2.05) is 23.5 Å². The molecule has 0 aromatic carbocycles. The summed E-state index contributed by atoms with van der Waals surface area (Å²) in [5.41, 5.74) is 1.16. The Bertz CT molecular complexity index is 1000. The first-order chi connectivity index (χ1) is 17.6. The Morgan fingerprint density at radius 1 is 0.757 bits per heavy atom. The second-order valence-electron chi connectivity index (χ2n) is 14.5. The first-order valence-electron chi connectivity index (χ1n) is 15.4. The fourth-order valence-electron chi connectivity index (χ4n) is 10.00. The zero-order valence-electron chi connectivity index (χ0n) is 24.5. The Labute approximate surface area is 245 Å². The Hall–Kier alpha value is 0.620. The fourth-order valence-corrected chi connectivity index (χ4v) is 15.9. The van der Waals surface area contributed by atoms with E-state index >= 15 is 0 Å². The van der Waals surface area contributed by atoms with Gasteiger partial charge in [-0.3, -0.25) is 0 Å². The minimum Gasteiger partial charge on any atom is -0.0849 e. The standard InChI is InChI=1S/C33H50S4/c1-19(2)9-8-10-20(3)25-13-14-26-24-12-11-23-17-28-29(18-33(23,7)27(24)15-16-32(25,26)6)37-31(36-28)30-34-21(4)22(5)35-30/h19-20,23-27H,8-18H2,1-7H3/t20-,23+,24+,25-,26+,27+,32-,33+/m1/s1. The van der Waals surface area contributed by atoms with E-state index in [1.54, 1.807) is 18.3 Å².